The minimum atomic E-state index is -0.0963. The molecule has 0 amide bonds. The van der Waals surface area contributed by atoms with Crippen molar-refractivity contribution in [1.82, 2.24) is 0 Å². The van der Waals surface area contributed by atoms with Gasteiger partial charge in [0.1, 0.15) is 0 Å². The zero-order valence-electron chi connectivity index (χ0n) is 25.3. The zero-order chi connectivity index (χ0) is 26.0. The van der Waals surface area contributed by atoms with Gasteiger partial charge < -0.3 is 5.11 Å². The summed E-state index contributed by atoms with van der Waals surface area (Å²) in [5, 5.41) is 11.0. The molecule has 2 spiro atoms. The Labute approximate surface area is 219 Å². The van der Waals surface area contributed by atoms with E-state index in [9.17, 15) is 5.11 Å². The van der Waals surface area contributed by atoms with Gasteiger partial charge in [-0.1, -0.05) is 67.0 Å². The molecule has 0 bridgehead atoms. The highest BCUT2D eigenvalue weighted by Crippen LogP contribution is 2.91. The van der Waals surface area contributed by atoms with Crippen molar-refractivity contribution >= 4 is 0 Å². The summed E-state index contributed by atoms with van der Waals surface area (Å²) >= 11 is 0. The quantitative estimate of drug-likeness (QED) is 0.385. The van der Waals surface area contributed by atoms with Gasteiger partial charge in [-0.15, -0.1) is 0 Å². The van der Waals surface area contributed by atoms with E-state index in [4.69, 9.17) is 0 Å². The van der Waals surface area contributed by atoms with Crippen molar-refractivity contribution < 1.29 is 5.11 Å². The molecule has 0 aromatic heterocycles. The first-order valence-corrected chi connectivity index (χ1v) is 15.8. The van der Waals surface area contributed by atoms with E-state index in [1.165, 1.54) is 69.8 Å². The molecule has 1 heteroatoms. The van der Waals surface area contributed by atoms with Crippen LogP contribution in [0.4, 0.5) is 0 Å². The molecule has 35 heavy (non-hydrogen) atoms. The van der Waals surface area contributed by atoms with Crippen LogP contribution < -0.4 is 0 Å². The monoisotopic (exact) mass is 484 g/mol. The predicted octanol–water partition coefficient (Wildman–Crippen LogP) is 9.83. The van der Waals surface area contributed by atoms with Gasteiger partial charge in [0.05, 0.1) is 6.10 Å². The fraction of sp³-hybridized carbons (Fsp3) is 0.941. The summed E-state index contributed by atoms with van der Waals surface area (Å²) in [5.41, 5.74) is 3.79. The fourth-order valence-electron chi connectivity index (χ4n) is 12.4. The average molecular weight is 485 g/mol. The molecular weight excluding hydrogens is 424 g/mol. The normalized spacial score (nSPS) is 49.9. The van der Waals surface area contributed by atoms with E-state index in [0.29, 0.717) is 21.7 Å². The summed E-state index contributed by atoms with van der Waals surface area (Å²) in [4.78, 5) is 0. The van der Waals surface area contributed by atoms with E-state index in [2.05, 4.69) is 61.5 Å². The van der Waals surface area contributed by atoms with Crippen molar-refractivity contribution in [1.29, 1.82) is 0 Å². The smallest absolute Gasteiger partial charge is 0.0594 e. The zero-order valence-corrected chi connectivity index (χ0v) is 25.3. The Morgan fingerprint density at radius 1 is 0.914 bits per heavy atom. The van der Waals surface area contributed by atoms with Gasteiger partial charge in [0.25, 0.3) is 0 Å². The lowest BCUT2D eigenvalue weighted by atomic mass is 9.40. The maximum absolute atomic E-state index is 11.0. The van der Waals surface area contributed by atoms with Crippen LogP contribution in [0.3, 0.4) is 0 Å². The summed E-state index contributed by atoms with van der Waals surface area (Å²) in [7, 11) is 0. The third-order valence-electron chi connectivity index (χ3n) is 14.0. The minimum Gasteiger partial charge on any atom is -0.393 e. The molecular formula is C34H60O. The van der Waals surface area contributed by atoms with Crippen LogP contribution in [0.2, 0.25) is 0 Å². The van der Waals surface area contributed by atoms with Crippen LogP contribution in [-0.4, -0.2) is 11.2 Å². The minimum absolute atomic E-state index is 0.0960. The van der Waals surface area contributed by atoms with Gasteiger partial charge in [-0.05, 0) is 141 Å². The molecule has 0 aliphatic heterocycles. The van der Waals surface area contributed by atoms with Crippen LogP contribution in [0, 0.1) is 56.7 Å². The lowest BCUT2D eigenvalue weighted by molar-refractivity contribution is -0.168. The molecule has 0 aromatic carbocycles. The van der Waals surface area contributed by atoms with Crippen LogP contribution in [0.25, 0.3) is 0 Å². The Balaban J connectivity index is 0.00000141. The third-order valence-corrected chi connectivity index (χ3v) is 14.0. The van der Waals surface area contributed by atoms with Crippen LogP contribution in [-0.2, 0) is 0 Å². The van der Waals surface area contributed by atoms with Crippen LogP contribution in [0.1, 0.15) is 140 Å². The van der Waals surface area contributed by atoms with Gasteiger partial charge in [-0.25, -0.2) is 0 Å². The first-order chi connectivity index (χ1) is 16.5. The molecule has 1 N–H and O–H groups in total. The van der Waals surface area contributed by atoms with Gasteiger partial charge in [0.15, 0.2) is 0 Å². The molecule has 0 radical (unpaired) electrons. The molecule has 1 nitrogen and oxygen atoms in total. The van der Waals surface area contributed by atoms with E-state index >= 15 is 0 Å². The first-order valence-electron chi connectivity index (χ1n) is 15.8. The van der Waals surface area contributed by atoms with Gasteiger partial charge in [-0.2, -0.15) is 0 Å². The Morgan fingerprint density at radius 2 is 1.54 bits per heavy atom. The third kappa shape index (κ3) is 3.34. The second kappa shape index (κ2) is 9.17. The maximum atomic E-state index is 11.0. The first kappa shape index (κ1) is 27.7. The van der Waals surface area contributed by atoms with E-state index in [-0.39, 0.29) is 11.5 Å². The van der Waals surface area contributed by atoms with Crippen molar-refractivity contribution in [3.8, 4) is 0 Å². The summed E-state index contributed by atoms with van der Waals surface area (Å²) in [5.74, 6) is 4.29. The van der Waals surface area contributed by atoms with Crippen molar-refractivity contribution in [2.45, 2.75) is 146 Å². The number of aliphatic hydroxyl groups excluding tert-OH is 1. The number of hydrogen-bond donors (Lipinski definition) is 1. The van der Waals surface area contributed by atoms with Gasteiger partial charge in [0, 0.05) is 0 Å². The number of allylic oxidation sites excluding steroid dienone is 2. The lowest BCUT2D eigenvalue weighted by Gasteiger charge is -2.64. The number of aliphatic hydroxyl groups is 1. The predicted molar refractivity (Wildman–Crippen MR) is 151 cm³/mol. The van der Waals surface area contributed by atoms with Crippen LogP contribution in [0.5, 0.6) is 0 Å². The largest absolute Gasteiger partial charge is 0.393 e. The maximum Gasteiger partial charge on any atom is 0.0594 e. The number of rotatable bonds is 5. The molecule has 2 unspecified atom stereocenters. The number of hydrogen-bond acceptors (Lipinski definition) is 1. The van der Waals surface area contributed by atoms with Crippen molar-refractivity contribution in [3.05, 3.63) is 11.6 Å². The Hall–Kier alpha value is -0.300. The summed E-state index contributed by atoms with van der Waals surface area (Å²) in [6, 6.07) is 0. The molecule has 0 saturated heterocycles. The Kier molecular flexibility index (Phi) is 7.26. The van der Waals surface area contributed by atoms with Crippen LogP contribution in [0.15, 0.2) is 11.6 Å². The molecule has 202 valence electrons. The van der Waals surface area contributed by atoms with Crippen molar-refractivity contribution in [3.63, 3.8) is 0 Å². The Bertz CT molecular complexity index is 805. The molecule has 10 atom stereocenters. The Morgan fingerprint density at radius 3 is 2.17 bits per heavy atom. The molecule has 5 fully saturated rings. The van der Waals surface area contributed by atoms with E-state index in [1.807, 2.05) is 13.8 Å². The average Bonchev–Trinajstić information content (AvgIpc) is 3.18. The molecule has 0 heterocycles. The second-order valence-corrected chi connectivity index (χ2v) is 14.8. The van der Waals surface area contributed by atoms with Gasteiger partial charge in [0.2, 0.25) is 0 Å². The SMILES string of the molecule is CC.CC[C@@]12CC[C@H]([C@H](C)CCC=C(C)C)C1(C)CC[C@]13C(C)[C@]14CC[C@H](O)C(C)(C)[C@@H]4CC[C@@H]23. The molecule has 0 aromatic rings. The fourth-order valence-corrected chi connectivity index (χ4v) is 12.4. The highest BCUT2D eigenvalue weighted by atomic mass is 16.3. The van der Waals surface area contributed by atoms with Gasteiger partial charge in [-0.3, -0.25) is 0 Å². The van der Waals surface area contributed by atoms with Gasteiger partial charge >= 0.3 is 0 Å². The van der Waals surface area contributed by atoms with Crippen molar-refractivity contribution in [2.75, 3.05) is 0 Å². The van der Waals surface area contributed by atoms with Crippen LogP contribution >= 0.6 is 0 Å². The standard InChI is InChI=1S/C32H54O.C2H6/c1-9-30-17-15-24(22(4)12-10-11-21(2)3)29(30,8)19-20-32-23(5)31(32)18-16-27(33)28(6,7)25(31)13-14-26(30)32;1-2/h11,22-27,33H,9-10,12-20H2,1-8H3;1-2H3/t22-,23?,24-,25+,26+,27+,29?,30+,31+,32-;/m1./s1. The van der Waals surface area contributed by atoms with E-state index in [1.54, 1.807) is 0 Å². The molecule has 5 aliphatic carbocycles. The second-order valence-electron chi connectivity index (χ2n) is 14.8. The van der Waals surface area contributed by atoms with Crippen molar-refractivity contribution in [2.24, 2.45) is 56.7 Å². The summed E-state index contributed by atoms with van der Waals surface area (Å²) < 4.78 is 0. The van der Waals surface area contributed by atoms with E-state index < -0.39 is 0 Å². The highest BCUT2D eigenvalue weighted by Gasteiger charge is 2.86. The summed E-state index contributed by atoms with van der Waals surface area (Å²) in [6.45, 7) is 23.9. The highest BCUT2D eigenvalue weighted by molar-refractivity contribution is 5.33. The molecule has 5 rings (SSSR count). The lowest BCUT2D eigenvalue weighted by Crippen LogP contribution is -2.58. The van der Waals surface area contributed by atoms with E-state index in [0.717, 1.165) is 36.0 Å². The summed E-state index contributed by atoms with van der Waals surface area (Å²) in [6.07, 6.45) is 17.5. The molecule has 5 aliphatic rings. The molecule has 5 saturated carbocycles. The topological polar surface area (TPSA) is 20.2 Å². The number of fused-ring (bicyclic) bond motifs is 2.